The number of carbonyl (C=O) groups is 1. The monoisotopic (exact) mass is 546 g/mol. The lowest BCUT2D eigenvalue weighted by Gasteiger charge is -2.21. The van der Waals surface area contributed by atoms with E-state index in [0.717, 1.165) is 35.6 Å². The van der Waals surface area contributed by atoms with Crippen LogP contribution in [0.25, 0.3) is 27.9 Å². The highest BCUT2D eigenvalue weighted by atomic mass is 16.5. The summed E-state index contributed by atoms with van der Waals surface area (Å²) in [5.74, 6) is 2.68. The van der Waals surface area contributed by atoms with E-state index in [1.165, 1.54) is 6.20 Å². The average Bonchev–Trinajstić information content (AvgIpc) is 3.44. The van der Waals surface area contributed by atoms with Crippen molar-refractivity contribution in [3.8, 4) is 34.3 Å². The number of rotatable bonds is 7. The number of hydrogen-bond donors (Lipinski definition) is 1. The molecule has 1 aliphatic carbocycles. The average molecular weight is 547 g/mol. The molecule has 2 fully saturated rings. The van der Waals surface area contributed by atoms with Crippen molar-refractivity contribution in [1.29, 1.82) is 5.26 Å². The molecule has 204 valence electrons. The summed E-state index contributed by atoms with van der Waals surface area (Å²) in [7, 11) is 3.42. The van der Waals surface area contributed by atoms with Gasteiger partial charge in [-0.15, -0.1) is 0 Å². The molecule has 12 nitrogen and oxygen atoms in total. The van der Waals surface area contributed by atoms with Crippen molar-refractivity contribution in [2.45, 2.75) is 0 Å². The van der Waals surface area contributed by atoms with Crippen LogP contribution in [0.5, 0.6) is 5.88 Å². The van der Waals surface area contributed by atoms with Crippen molar-refractivity contribution < 1.29 is 9.53 Å². The van der Waals surface area contributed by atoms with Crippen LogP contribution in [0.3, 0.4) is 0 Å². The van der Waals surface area contributed by atoms with Gasteiger partial charge in [0, 0.05) is 68.0 Å². The highest BCUT2D eigenvalue weighted by Gasteiger charge is 2.55. The third-order valence-corrected chi connectivity index (χ3v) is 8.09. The smallest absolute Gasteiger partial charge is 0.252 e. The van der Waals surface area contributed by atoms with Gasteiger partial charge in [0.15, 0.2) is 0 Å². The fourth-order valence-electron chi connectivity index (χ4n) is 5.84. The molecule has 0 radical (unpaired) electrons. The summed E-state index contributed by atoms with van der Waals surface area (Å²) >= 11 is 0. The number of nitrogens with one attached hydrogen (secondary N) is 1. The van der Waals surface area contributed by atoms with Crippen LogP contribution in [0.2, 0.25) is 0 Å². The number of pyridine rings is 2. The molecule has 0 unspecified atom stereocenters. The van der Waals surface area contributed by atoms with E-state index in [9.17, 15) is 10.1 Å². The molecule has 1 amide bonds. The second-order valence-electron chi connectivity index (χ2n) is 10.5. The molecule has 0 aromatic carbocycles. The first-order valence-corrected chi connectivity index (χ1v) is 13.3. The van der Waals surface area contributed by atoms with Gasteiger partial charge in [0.2, 0.25) is 5.88 Å². The first-order chi connectivity index (χ1) is 20.0. The fraction of sp³-hybridized carbons (Fsp3) is 0.276. The number of anilines is 1. The van der Waals surface area contributed by atoms with E-state index in [-0.39, 0.29) is 5.91 Å². The second-order valence-corrected chi connectivity index (χ2v) is 10.5. The van der Waals surface area contributed by atoms with Gasteiger partial charge in [0.1, 0.15) is 11.9 Å². The Kier molecular flexibility index (Phi) is 5.85. The number of carbonyl (C=O) groups excluding carboxylic acids is 1. The lowest BCUT2D eigenvalue weighted by molar-refractivity contribution is 0.0950. The molecule has 12 heteroatoms. The molecule has 1 saturated heterocycles. The molecule has 0 bridgehead atoms. The number of nitrogens with zero attached hydrogens (tertiary/aromatic N) is 9. The van der Waals surface area contributed by atoms with Crippen LogP contribution in [0.1, 0.15) is 15.9 Å². The Morgan fingerprint density at radius 2 is 1.90 bits per heavy atom. The number of nitriles is 1. The number of aryl methyl sites for hydroxylation is 1. The van der Waals surface area contributed by atoms with Gasteiger partial charge in [-0.05, 0) is 29.9 Å². The van der Waals surface area contributed by atoms with Gasteiger partial charge >= 0.3 is 0 Å². The molecule has 0 spiro atoms. The van der Waals surface area contributed by atoms with Crippen LogP contribution >= 0.6 is 0 Å². The van der Waals surface area contributed by atoms with E-state index in [1.807, 2.05) is 25.5 Å². The highest BCUT2D eigenvalue weighted by Crippen LogP contribution is 2.52. The summed E-state index contributed by atoms with van der Waals surface area (Å²) in [5, 5.41) is 21.4. The van der Waals surface area contributed by atoms with Gasteiger partial charge in [-0.3, -0.25) is 14.5 Å². The summed E-state index contributed by atoms with van der Waals surface area (Å²) in [6.07, 6.45) is 12.3. The summed E-state index contributed by atoms with van der Waals surface area (Å²) in [4.78, 5) is 28.3. The Bertz CT molecular complexity index is 1790. The van der Waals surface area contributed by atoms with E-state index in [2.05, 4.69) is 31.5 Å². The first kappa shape index (κ1) is 24.7. The number of aromatic nitrogens is 7. The third kappa shape index (κ3) is 4.41. The van der Waals surface area contributed by atoms with Crippen LogP contribution in [0.15, 0.2) is 61.6 Å². The van der Waals surface area contributed by atoms with Gasteiger partial charge in [-0.1, -0.05) is 0 Å². The predicted molar refractivity (Wildman–Crippen MR) is 149 cm³/mol. The molecule has 5 aromatic heterocycles. The minimum atomic E-state index is -0.122. The molecule has 3 atom stereocenters. The summed E-state index contributed by atoms with van der Waals surface area (Å²) < 4.78 is 8.51. The minimum absolute atomic E-state index is 0.122. The van der Waals surface area contributed by atoms with Crippen molar-refractivity contribution in [3.05, 3.63) is 72.7 Å². The van der Waals surface area contributed by atoms with Crippen LogP contribution < -0.4 is 15.0 Å². The summed E-state index contributed by atoms with van der Waals surface area (Å²) in [6, 6.07) is 7.64. The Morgan fingerprint density at radius 3 is 2.56 bits per heavy atom. The van der Waals surface area contributed by atoms with E-state index in [0.29, 0.717) is 52.5 Å². The summed E-state index contributed by atoms with van der Waals surface area (Å²) in [5.41, 5.74) is 5.00. The number of piperidine rings is 1. The van der Waals surface area contributed by atoms with Gasteiger partial charge in [0.25, 0.3) is 5.91 Å². The fourth-order valence-corrected chi connectivity index (χ4v) is 5.84. The van der Waals surface area contributed by atoms with Gasteiger partial charge in [-0.25, -0.2) is 14.5 Å². The second kappa shape index (κ2) is 9.71. The maximum atomic E-state index is 12.5. The number of ether oxygens (including phenoxy) is 1. The Hall–Kier alpha value is -5.31. The first-order valence-electron chi connectivity index (χ1n) is 13.3. The van der Waals surface area contributed by atoms with Crippen molar-refractivity contribution in [3.63, 3.8) is 0 Å². The molecular weight excluding hydrogens is 520 g/mol. The predicted octanol–water partition coefficient (Wildman–Crippen LogP) is 2.58. The highest BCUT2D eigenvalue weighted by molar-refractivity contribution is 5.94. The summed E-state index contributed by atoms with van der Waals surface area (Å²) in [6.45, 7) is 2.41. The Morgan fingerprint density at radius 1 is 1.05 bits per heavy atom. The molecular formula is C29H26N10O2. The number of hydrogen-bond acceptors (Lipinski definition) is 9. The molecule has 1 aliphatic heterocycles. The standard InChI is InChI=1S/C29H26N10O2/c1-37-13-20(9-35-37)18-5-21(28-19(6-30)8-36-39(28)14-18)25-11-32-26(12-31-25)38-15-23-22(24(23)16-38)10-34-29(40)17-3-4-27(41-2)33-7-17/h3-5,7-9,11-14,22-24H,10,15-16H2,1-2H3,(H,34,40)/t22-,23-,24+. The molecule has 1 saturated carbocycles. The SMILES string of the molecule is COc1ccc(C(=O)NC[C@@H]2[C@H]3CN(c4cnc(-c5cc(-c6cnn(C)c6)cn6ncc(C#N)c56)cn4)C[C@@H]23)cn1. The Balaban J connectivity index is 1.04. The molecule has 6 heterocycles. The largest absolute Gasteiger partial charge is 0.481 e. The maximum Gasteiger partial charge on any atom is 0.252 e. The van der Waals surface area contributed by atoms with Gasteiger partial charge in [-0.2, -0.15) is 15.5 Å². The lowest BCUT2D eigenvalue weighted by Crippen LogP contribution is -2.31. The van der Waals surface area contributed by atoms with Crippen LogP contribution in [0, 0.1) is 29.1 Å². The maximum absolute atomic E-state index is 12.5. The van der Waals surface area contributed by atoms with Crippen molar-refractivity contribution in [1.82, 2.24) is 39.7 Å². The van der Waals surface area contributed by atoms with Crippen molar-refractivity contribution in [2.75, 3.05) is 31.6 Å². The van der Waals surface area contributed by atoms with Crippen LogP contribution in [0.4, 0.5) is 5.82 Å². The Labute approximate surface area is 235 Å². The molecule has 41 heavy (non-hydrogen) atoms. The van der Waals surface area contributed by atoms with Crippen LogP contribution in [-0.4, -0.2) is 67.0 Å². The van der Waals surface area contributed by atoms with Crippen molar-refractivity contribution >= 4 is 17.2 Å². The molecule has 7 rings (SSSR count). The normalized spacial score (nSPS) is 19.1. The number of methoxy groups -OCH3 is 1. The van der Waals surface area contributed by atoms with Gasteiger partial charge < -0.3 is 15.0 Å². The zero-order valence-corrected chi connectivity index (χ0v) is 22.5. The lowest BCUT2D eigenvalue weighted by atomic mass is 10.0. The topological polar surface area (TPSA) is 139 Å². The van der Waals surface area contributed by atoms with E-state index < -0.39 is 0 Å². The van der Waals surface area contributed by atoms with Crippen molar-refractivity contribution in [2.24, 2.45) is 24.8 Å². The van der Waals surface area contributed by atoms with E-state index in [4.69, 9.17) is 14.7 Å². The van der Waals surface area contributed by atoms with Crippen LogP contribution in [-0.2, 0) is 7.05 Å². The minimum Gasteiger partial charge on any atom is -0.481 e. The van der Waals surface area contributed by atoms with E-state index >= 15 is 0 Å². The quantitative estimate of drug-likeness (QED) is 0.326. The molecule has 2 aliphatic rings. The molecule has 1 N–H and O–H groups in total. The van der Waals surface area contributed by atoms with Gasteiger partial charge in [0.05, 0.1) is 54.2 Å². The number of fused-ring (bicyclic) bond motifs is 2. The zero-order valence-electron chi connectivity index (χ0n) is 22.5. The molecule has 5 aromatic rings. The third-order valence-electron chi connectivity index (χ3n) is 8.09. The number of amides is 1. The van der Waals surface area contributed by atoms with E-state index in [1.54, 1.807) is 53.2 Å². The zero-order chi connectivity index (χ0) is 28.1.